The molecule has 0 fully saturated rings. The average molecular weight is 297 g/mol. The van der Waals surface area contributed by atoms with E-state index in [0.29, 0.717) is 0 Å². The number of hydrogen-bond donors (Lipinski definition) is 1. The number of carbonyl (C=O) groups is 2. The van der Waals surface area contributed by atoms with Gasteiger partial charge in [-0.2, -0.15) is 0 Å². The Kier molecular flexibility index (Phi) is 4.89. The molecule has 1 N–H and O–H groups in total. The first kappa shape index (κ1) is 16.0. The number of anilines is 1. The van der Waals surface area contributed by atoms with Crippen LogP contribution in [0.1, 0.15) is 23.7 Å². The van der Waals surface area contributed by atoms with Crippen molar-refractivity contribution in [2.75, 3.05) is 12.4 Å². The molecule has 1 aromatic carbocycles. The first-order valence-electron chi connectivity index (χ1n) is 5.66. The van der Waals surface area contributed by atoms with Crippen molar-refractivity contribution >= 4 is 28.9 Å². The number of hydrogen-bond acceptors (Lipinski definition) is 7. The molecule has 0 aliphatic heterocycles. The zero-order chi connectivity index (χ0) is 16.2. The molecule has 0 atom stereocenters. The van der Waals surface area contributed by atoms with Gasteiger partial charge in [0.05, 0.1) is 22.5 Å². The van der Waals surface area contributed by atoms with Gasteiger partial charge in [-0.1, -0.05) is 6.92 Å². The third-order valence-corrected chi connectivity index (χ3v) is 2.50. The fourth-order valence-electron chi connectivity index (χ4n) is 1.49. The molecule has 0 aromatic heterocycles. The minimum Gasteiger partial charge on any atom is -0.465 e. The zero-order valence-electron chi connectivity index (χ0n) is 11.1. The van der Waals surface area contributed by atoms with Crippen molar-refractivity contribution in [3.8, 4) is 0 Å². The number of esters is 1. The Hall–Kier alpha value is -3.04. The lowest BCUT2D eigenvalue weighted by molar-refractivity contribution is -0.392. The fourth-order valence-corrected chi connectivity index (χ4v) is 1.49. The summed E-state index contributed by atoms with van der Waals surface area (Å²) in [7, 11) is 1.03. The highest BCUT2D eigenvalue weighted by Gasteiger charge is 2.29. The van der Waals surface area contributed by atoms with Crippen molar-refractivity contribution in [3.63, 3.8) is 0 Å². The normalized spacial score (nSPS) is 9.81. The lowest BCUT2D eigenvalue weighted by Crippen LogP contribution is -2.14. The van der Waals surface area contributed by atoms with Gasteiger partial charge < -0.3 is 10.1 Å². The number of nitro benzene ring substituents is 2. The fraction of sp³-hybridized carbons (Fsp3) is 0.273. The lowest BCUT2D eigenvalue weighted by Gasteiger charge is -2.07. The van der Waals surface area contributed by atoms with Crippen molar-refractivity contribution in [1.29, 1.82) is 0 Å². The third kappa shape index (κ3) is 3.49. The van der Waals surface area contributed by atoms with Crippen LogP contribution in [0.25, 0.3) is 0 Å². The summed E-state index contributed by atoms with van der Waals surface area (Å²) in [6, 6.07) is 1.62. The second kappa shape index (κ2) is 6.41. The van der Waals surface area contributed by atoms with E-state index in [9.17, 15) is 29.8 Å². The highest BCUT2D eigenvalue weighted by atomic mass is 16.6. The van der Waals surface area contributed by atoms with Crippen molar-refractivity contribution in [1.82, 2.24) is 0 Å². The summed E-state index contributed by atoms with van der Waals surface area (Å²) in [5.74, 6) is -1.60. The van der Waals surface area contributed by atoms with Crippen LogP contribution >= 0.6 is 0 Å². The number of benzene rings is 1. The van der Waals surface area contributed by atoms with E-state index in [1.54, 1.807) is 0 Å². The van der Waals surface area contributed by atoms with Gasteiger partial charge >= 0.3 is 17.3 Å². The van der Waals surface area contributed by atoms with Crippen molar-refractivity contribution < 1.29 is 24.2 Å². The summed E-state index contributed by atoms with van der Waals surface area (Å²) in [6.45, 7) is 1.48. The number of nitro groups is 2. The molecule has 10 heteroatoms. The zero-order valence-corrected chi connectivity index (χ0v) is 11.1. The number of nitrogens with zero attached hydrogens (tertiary/aromatic N) is 2. The predicted octanol–water partition coefficient (Wildman–Crippen LogP) is 1.64. The van der Waals surface area contributed by atoms with Crippen LogP contribution in [0.5, 0.6) is 0 Å². The second-order valence-corrected chi connectivity index (χ2v) is 3.80. The van der Waals surface area contributed by atoms with Gasteiger partial charge in [-0.25, -0.2) is 4.79 Å². The first-order chi connectivity index (χ1) is 9.81. The van der Waals surface area contributed by atoms with E-state index in [2.05, 4.69) is 10.1 Å². The molecule has 0 bridgehead atoms. The summed E-state index contributed by atoms with van der Waals surface area (Å²) in [5.41, 5.74) is -2.44. The molecule has 10 nitrogen and oxygen atoms in total. The van der Waals surface area contributed by atoms with Gasteiger partial charge in [0.25, 0.3) is 0 Å². The highest BCUT2D eigenvalue weighted by molar-refractivity contribution is 5.99. The molecule has 0 saturated heterocycles. The maximum absolute atomic E-state index is 11.4. The van der Waals surface area contributed by atoms with Gasteiger partial charge in [-0.15, -0.1) is 0 Å². The molecule has 21 heavy (non-hydrogen) atoms. The summed E-state index contributed by atoms with van der Waals surface area (Å²) < 4.78 is 4.38. The highest BCUT2D eigenvalue weighted by Crippen LogP contribution is 2.36. The van der Waals surface area contributed by atoms with Crippen LogP contribution in [-0.2, 0) is 9.53 Å². The van der Waals surface area contributed by atoms with Gasteiger partial charge in [-0.05, 0) is 0 Å². The Morgan fingerprint density at radius 1 is 1.19 bits per heavy atom. The number of nitrogens with one attached hydrogen (secondary N) is 1. The molecule has 0 spiro atoms. The summed E-state index contributed by atoms with van der Waals surface area (Å²) in [4.78, 5) is 42.9. The summed E-state index contributed by atoms with van der Waals surface area (Å²) in [5, 5.41) is 24.1. The van der Waals surface area contributed by atoms with Crippen molar-refractivity contribution in [2.45, 2.75) is 13.3 Å². The van der Waals surface area contributed by atoms with Crippen molar-refractivity contribution in [3.05, 3.63) is 37.9 Å². The van der Waals surface area contributed by atoms with Crippen LogP contribution < -0.4 is 5.32 Å². The quantitative estimate of drug-likeness (QED) is 0.494. The number of rotatable bonds is 5. The number of carbonyl (C=O) groups excluding carboxylic acids is 2. The Balaban J connectivity index is 3.58. The molecule has 1 rings (SSSR count). The Morgan fingerprint density at radius 3 is 2.00 bits per heavy atom. The molecule has 0 aliphatic carbocycles. The Bertz CT molecular complexity index is 591. The summed E-state index contributed by atoms with van der Waals surface area (Å²) in [6.07, 6.45) is -0.0208. The molecule has 0 unspecified atom stereocenters. The molecule has 0 radical (unpaired) electrons. The summed E-state index contributed by atoms with van der Waals surface area (Å²) >= 11 is 0. The number of methoxy groups -OCH3 is 1. The van der Waals surface area contributed by atoms with Crippen molar-refractivity contribution in [2.24, 2.45) is 0 Å². The maximum atomic E-state index is 11.4. The molecule has 112 valence electrons. The van der Waals surface area contributed by atoms with Crippen LogP contribution in [0.4, 0.5) is 17.1 Å². The molecular formula is C11H11N3O7. The SMILES string of the molecule is CCC(=O)Nc1c([N+](=O)[O-])cc(C(=O)OC)cc1[N+](=O)[O-]. The van der Waals surface area contributed by atoms with Gasteiger partial charge in [-0.3, -0.25) is 25.0 Å². The van der Waals surface area contributed by atoms with Crippen LogP contribution in [0, 0.1) is 20.2 Å². The van der Waals surface area contributed by atoms with Crippen LogP contribution in [0.2, 0.25) is 0 Å². The van der Waals surface area contributed by atoms with Gasteiger partial charge in [0.1, 0.15) is 0 Å². The van der Waals surface area contributed by atoms with Gasteiger partial charge in [0.2, 0.25) is 5.91 Å². The largest absolute Gasteiger partial charge is 0.465 e. The Morgan fingerprint density at radius 2 is 1.67 bits per heavy atom. The number of amides is 1. The van der Waals surface area contributed by atoms with Crippen LogP contribution in [0.15, 0.2) is 12.1 Å². The number of ether oxygens (including phenoxy) is 1. The standard InChI is InChI=1S/C11H11N3O7/c1-3-9(15)12-10-7(13(17)18)4-6(11(16)21-2)5-8(10)14(19)20/h4-5H,3H2,1-2H3,(H,12,15). The van der Waals surface area contributed by atoms with Gasteiger partial charge in [0, 0.05) is 18.6 Å². The van der Waals surface area contributed by atoms with Crippen LogP contribution in [0.3, 0.4) is 0 Å². The first-order valence-corrected chi connectivity index (χ1v) is 5.66. The predicted molar refractivity (Wildman–Crippen MR) is 70.0 cm³/mol. The maximum Gasteiger partial charge on any atom is 0.338 e. The third-order valence-electron chi connectivity index (χ3n) is 2.50. The minimum atomic E-state index is -0.963. The van der Waals surface area contributed by atoms with E-state index in [-0.39, 0.29) is 12.0 Å². The average Bonchev–Trinajstić information content (AvgIpc) is 2.45. The molecule has 1 aromatic rings. The minimum absolute atomic E-state index is 0.0208. The van der Waals surface area contributed by atoms with E-state index in [0.717, 1.165) is 19.2 Å². The molecule has 0 saturated carbocycles. The van der Waals surface area contributed by atoms with E-state index in [1.807, 2.05) is 0 Å². The Labute approximate surface area is 118 Å². The molecule has 0 heterocycles. The monoisotopic (exact) mass is 297 g/mol. The smallest absolute Gasteiger partial charge is 0.338 e. The molecular weight excluding hydrogens is 286 g/mol. The lowest BCUT2D eigenvalue weighted by atomic mass is 10.1. The van der Waals surface area contributed by atoms with Crippen LogP contribution in [-0.4, -0.2) is 28.8 Å². The van der Waals surface area contributed by atoms with E-state index in [1.165, 1.54) is 6.92 Å². The van der Waals surface area contributed by atoms with E-state index in [4.69, 9.17) is 0 Å². The molecule has 0 aliphatic rings. The topological polar surface area (TPSA) is 142 Å². The molecule has 1 amide bonds. The second-order valence-electron chi connectivity index (χ2n) is 3.80. The van der Waals surface area contributed by atoms with E-state index < -0.39 is 38.8 Å². The van der Waals surface area contributed by atoms with Gasteiger partial charge in [0.15, 0.2) is 5.69 Å². The van der Waals surface area contributed by atoms with E-state index >= 15 is 0 Å².